The zero-order valence-electron chi connectivity index (χ0n) is 20.8. The summed E-state index contributed by atoms with van der Waals surface area (Å²) in [5, 5.41) is 5.73. The van der Waals surface area contributed by atoms with E-state index in [0.29, 0.717) is 24.2 Å². The lowest BCUT2D eigenvalue weighted by molar-refractivity contribution is -0.124. The Bertz CT molecular complexity index is 1430. The molecular weight excluding hydrogens is 450 g/mol. The minimum Gasteiger partial charge on any atom is -0.449 e. The van der Waals surface area contributed by atoms with Crippen LogP contribution < -0.4 is 5.32 Å². The van der Waals surface area contributed by atoms with Crippen LogP contribution in [0.25, 0.3) is 21.7 Å². The van der Waals surface area contributed by atoms with Gasteiger partial charge in [0, 0.05) is 47.2 Å². The number of anilines is 1. The van der Waals surface area contributed by atoms with Gasteiger partial charge in [-0.25, -0.2) is 4.79 Å². The van der Waals surface area contributed by atoms with E-state index in [1.165, 1.54) is 0 Å². The normalized spacial score (nSPS) is 14.4. The van der Waals surface area contributed by atoms with Gasteiger partial charge in [0.15, 0.2) is 6.10 Å². The van der Waals surface area contributed by atoms with E-state index in [1.54, 1.807) is 0 Å². The number of hydrogen-bond acceptors (Lipinski definition) is 5. The number of fused-ring (bicyclic) bond motifs is 3. The molecular formula is C30H31N3O3. The number of rotatable bonds is 7. The van der Waals surface area contributed by atoms with Gasteiger partial charge in [-0.1, -0.05) is 68.4 Å². The van der Waals surface area contributed by atoms with Crippen molar-refractivity contribution in [3.05, 3.63) is 83.6 Å². The molecule has 36 heavy (non-hydrogen) atoms. The minimum atomic E-state index is -0.908. The number of pyridine rings is 1. The van der Waals surface area contributed by atoms with E-state index in [1.807, 2.05) is 73.7 Å². The van der Waals surface area contributed by atoms with E-state index in [0.717, 1.165) is 58.9 Å². The molecule has 0 radical (unpaired) electrons. The largest absolute Gasteiger partial charge is 0.449 e. The van der Waals surface area contributed by atoms with Gasteiger partial charge in [0.1, 0.15) is 0 Å². The fraction of sp³-hybridized carbons (Fsp3) is 0.300. The summed E-state index contributed by atoms with van der Waals surface area (Å²) in [5.41, 5.74) is 3.88. The van der Waals surface area contributed by atoms with Crippen LogP contribution in [0, 0.1) is 0 Å². The Labute approximate surface area is 211 Å². The monoisotopic (exact) mass is 481 g/mol. The Morgan fingerprint density at radius 3 is 2.56 bits per heavy atom. The smallest absolute Gasteiger partial charge is 0.340 e. The van der Waals surface area contributed by atoms with Gasteiger partial charge < -0.3 is 10.1 Å². The van der Waals surface area contributed by atoms with Crippen molar-refractivity contribution in [3.63, 3.8) is 0 Å². The fourth-order valence-corrected chi connectivity index (χ4v) is 5.04. The minimum absolute atomic E-state index is 0.331. The predicted octanol–water partition coefficient (Wildman–Crippen LogP) is 5.73. The van der Waals surface area contributed by atoms with Gasteiger partial charge in [0.25, 0.3) is 5.91 Å². The van der Waals surface area contributed by atoms with Crippen LogP contribution in [-0.2, 0) is 22.5 Å². The first kappa shape index (κ1) is 23.9. The van der Waals surface area contributed by atoms with Gasteiger partial charge in [-0.2, -0.15) is 0 Å². The van der Waals surface area contributed by atoms with Crippen molar-refractivity contribution in [2.24, 2.45) is 0 Å². The number of hydrogen-bond donors (Lipinski definition) is 1. The summed E-state index contributed by atoms with van der Waals surface area (Å²) in [6, 6.07) is 21.3. The van der Waals surface area contributed by atoms with E-state index < -0.39 is 12.1 Å². The molecule has 6 heteroatoms. The van der Waals surface area contributed by atoms with Crippen LogP contribution in [0.4, 0.5) is 5.69 Å². The Balaban J connectivity index is 1.44. The van der Waals surface area contributed by atoms with Crippen LogP contribution in [0.1, 0.15) is 48.3 Å². The molecule has 0 saturated carbocycles. The molecule has 1 N–H and O–H groups in total. The molecule has 0 saturated heterocycles. The molecule has 0 aliphatic carbocycles. The molecule has 3 aromatic carbocycles. The number of nitrogens with zero attached hydrogens (tertiary/aromatic N) is 2. The molecule has 1 aliphatic heterocycles. The van der Waals surface area contributed by atoms with Gasteiger partial charge in [-0.3, -0.25) is 14.7 Å². The molecule has 0 fully saturated rings. The number of benzene rings is 3. The molecule has 5 rings (SSSR count). The number of amides is 1. The quantitative estimate of drug-likeness (QED) is 0.341. The standard InChI is InChI=1S/C30H31N3O3/c1-3-17-33-18-16-26-23(19-33)28(22-13-7-8-14-25(22)31-26)30(35)36-27(4-2)29(34)32-24-15-9-11-20-10-5-6-12-21(20)24/h5-15,27H,3-4,16-19H2,1-2H3,(H,32,34). The molecule has 1 aromatic heterocycles. The molecule has 1 unspecified atom stereocenters. The van der Waals surface area contributed by atoms with E-state index in [-0.39, 0.29) is 5.91 Å². The fourth-order valence-electron chi connectivity index (χ4n) is 5.04. The molecule has 4 aromatic rings. The zero-order chi connectivity index (χ0) is 25.1. The Hall–Kier alpha value is -3.77. The summed E-state index contributed by atoms with van der Waals surface area (Å²) < 4.78 is 5.90. The second-order valence-electron chi connectivity index (χ2n) is 9.27. The molecule has 6 nitrogen and oxygen atoms in total. The van der Waals surface area contributed by atoms with Crippen molar-refractivity contribution < 1.29 is 14.3 Å². The lowest BCUT2D eigenvalue weighted by Gasteiger charge is -2.30. The van der Waals surface area contributed by atoms with Gasteiger partial charge in [-0.05, 0) is 36.9 Å². The molecule has 1 amide bonds. The average molecular weight is 482 g/mol. The van der Waals surface area contributed by atoms with Crippen LogP contribution in [0.3, 0.4) is 0 Å². The van der Waals surface area contributed by atoms with Gasteiger partial charge in [0.2, 0.25) is 0 Å². The summed E-state index contributed by atoms with van der Waals surface area (Å²) in [5.74, 6) is -0.801. The van der Waals surface area contributed by atoms with Crippen LogP contribution >= 0.6 is 0 Å². The summed E-state index contributed by atoms with van der Waals surface area (Å²) in [4.78, 5) is 34.1. The van der Waals surface area contributed by atoms with Crippen molar-refractivity contribution in [1.82, 2.24) is 9.88 Å². The Morgan fingerprint density at radius 2 is 1.75 bits per heavy atom. The average Bonchev–Trinajstić information content (AvgIpc) is 2.90. The molecule has 184 valence electrons. The van der Waals surface area contributed by atoms with E-state index in [9.17, 15) is 9.59 Å². The first-order chi connectivity index (χ1) is 17.6. The van der Waals surface area contributed by atoms with Crippen molar-refractivity contribution in [1.29, 1.82) is 0 Å². The predicted molar refractivity (Wildman–Crippen MR) is 143 cm³/mol. The van der Waals surface area contributed by atoms with Crippen LogP contribution in [-0.4, -0.2) is 41.0 Å². The van der Waals surface area contributed by atoms with Crippen molar-refractivity contribution in [2.45, 2.75) is 45.8 Å². The van der Waals surface area contributed by atoms with E-state index in [4.69, 9.17) is 9.72 Å². The highest BCUT2D eigenvalue weighted by Crippen LogP contribution is 2.30. The Morgan fingerprint density at radius 1 is 1.00 bits per heavy atom. The lowest BCUT2D eigenvalue weighted by atomic mass is 9.95. The number of para-hydroxylation sites is 1. The van der Waals surface area contributed by atoms with Crippen molar-refractivity contribution >= 4 is 39.2 Å². The number of carbonyl (C=O) groups is 2. The third-order valence-electron chi connectivity index (χ3n) is 6.83. The van der Waals surface area contributed by atoms with E-state index >= 15 is 0 Å². The molecule has 1 atom stereocenters. The molecule has 2 heterocycles. The summed E-state index contributed by atoms with van der Waals surface area (Å²) in [6.07, 6.45) is 1.30. The third kappa shape index (κ3) is 4.69. The number of nitrogens with one attached hydrogen (secondary N) is 1. The number of ether oxygens (including phenoxy) is 1. The van der Waals surface area contributed by atoms with Gasteiger partial charge in [0.05, 0.1) is 11.1 Å². The lowest BCUT2D eigenvalue weighted by Crippen LogP contribution is -2.35. The van der Waals surface area contributed by atoms with Crippen molar-refractivity contribution in [2.75, 3.05) is 18.4 Å². The number of esters is 1. The highest BCUT2D eigenvalue weighted by Gasteiger charge is 2.29. The van der Waals surface area contributed by atoms with Crippen molar-refractivity contribution in [3.8, 4) is 0 Å². The zero-order valence-corrected chi connectivity index (χ0v) is 20.8. The molecule has 0 bridgehead atoms. The highest BCUT2D eigenvalue weighted by molar-refractivity contribution is 6.07. The number of carbonyl (C=O) groups excluding carboxylic acids is 2. The maximum absolute atomic E-state index is 13.7. The van der Waals surface area contributed by atoms with Crippen LogP contribution in [0.2, 0.25) is 0 Å². The summed E-state index contributed by atoms with van der Waals surface area (Å²) in [6.45, 7) is 6.55. The SMILES string of the molecule is CCCN1CCc2nc3ccccc3c(C(=O)OC(CC)C(=O)Nc3cccc4ccccc34)c2C1. The number of aromatic nitrogens is 1. The molecule has 0 spiro atoms. The summed E-state index contributed by atoms with van der Waals surface area (Å²) in [7, 11) is 0. The van der Waals surface area contributed by atoms with E-state index in [2.05, 4.69) is 17.1 Å². The summed E-state index contributed by atoms with van der Waals surface area (Å²) >= 11 is 0. The maximum atomic E-state index is 13.7. The first-order valence-electron chi connectivity index (χ1n) is 12.7. The van der Waals surface area contributed by atoms with Crippen LogP contribution in [0.5, 0.6) is 0 Å². The topological polar surface area (TPSA) is 71.5 Å². The third-order valence-corrected chi connectivity index (χ3v) is 6.83. The van der Waals surface area contributed by atoms with Gasteiger partial charge >= 0.3 is 5.97 Å². The highest BCUT2D eigenvalue weighted by atomic mass is 16.5. The second-order valence-corrected chi connectivity index (χ2v) is 9.27. The van der Waals surface area contributed by atoms with Crippen LogP contribution in [0.15, 0.2) is 66.7 Å². The second kappa shape index (κ2) is 10.5. The molecule has 1 aliphatic rings. The first-order valence-corrected chi connectivity index (χ1v) is 12.7. The Kier molecular flexibility index (Phi) is 6.96. The van der Waals surface area contributed by atoms with Gasteiger partial charge in [-0.15, -0.1) is 0 Å². The maximum Gasteiger partial charge on any atom is 0.340 e.